The normalized spacial score (nSPS) is 16.0. The van der Waals surface area contributed by atoms with Crippen molar-refractivity contribution in [3.8, 4) is 0 Å². The minimum Gasteiger partial charge on any atom is 0 e. The molecule has 0 saturated heterocycles. The van der Waals surface area contributed by atoms with Crippen molar-refractivity contribution in [2.75, 3.05) is 13.1 Å². The van der Waals surface area contributed by atoms with Crippen molar-refractivity contribution in [3.05, 3.63) is 55.3 Å². The van der Waals surface area contributed by atoms with Gasteiger partial charge in [-0.25, -0.2) is 0 Å². The van der Waals surface area contributed by atoms with E-state index in [1.807, 2.05) is 49.9 Å². The van der Waals surface area contributed by atoms with Gasteiger partial charge in [-0.2, -0.15) is 0 Å². The van der Waals surface area contributed by atoms with E-state index in [1.165, 1.54) is 0 Å². The molecule has 0 N–H and O–H groups in total. The largest absolute Gasteiger partial charge is 0 e. The number of carbonyl (C=O) groups is 1. The van der Waals surface area contributed by atoms with Crippen molar-refractivity contribution >= 4 is 5.91 Å². The fourth-order valence-electron chi connectivity index (χ4n) is 2.36. The molecule has 24 heavy (non-hydrogen) atoms. The second kappa shape index (κ2) is 16.3. The molecule has 128 valence electrons. The van der Waals surface area contributed by atoms with E-state index >= 15 is 0 Å². The Balaban J connectivity index is -0.000000569. The van der Waals surface area contributed by atoms with Crippen LogP contribution in [-0.4, -0.2) is 23.9 Å². The Kier molecular flexibility index (Phi) is 18.5. The number of likely N-dealkylation sites (N-methyl/N-ethyl adjacent to an activating group) is 1. The second-order valence-corrected chi connectivity index (χ2v) is 4.30. The van der Waals surface area contributed by atoms with Gasteiger partial charge in [-0.1, -0.05) is 24.3 Å². The van der Waals surface area contributed by atoms with E-state index in [2.05, 4.69) is 20.0 Å². The molecular weight excluding hydrogens is 350 g/mol. The fraction of sp³-hybridized carbons (Fsp3) is 0.412. The first-order valence-electron chi connectivity index (χ1n) is 6.83. The van der Waals surface area contributed by atoms with Crippen LogP contribution in [0.15, 0.2) is 24.3 Å². The van der Waals surface area contributed by atoms with Gasteiger partial charge < -0.3 is 9.64 Å². The molecule has 1 aliphatic rings. The first-order chi connectivity index (χ1) is 11.2. The van der Waals surface area contributed by atoms with Crippen LogP contribution in [0, 0.1) is 20.0 Å². The summed E-state index contributed by atoms with van der Waals surface area (Å²) in [6.07, 6.45) is -0.406. The van der Waals surface area contributed by atoms with E-state index in [1.54, 1.807) is 0 Å². The van der Waals surface area contributed by atoms with E-state index in [9.17, 15) is 4.79 Å². The Morgan fingerprint density at radius 1 is 1.04 bits per heavy atom. The van der Waals surface area contributed by atoms with E-state index in [-0.39, 0.29) is 29.4 Å². The van der Waals surface area contributed by atoms with Gasteiger partial charge in [-0.15, -0.1) is 0 Å². The average Bonchev–Trinajstić information content (AvgIpc) is 2.98. The van der Waals surface area contributed by atoms with Crippen LogP contribution >= 0.6 is 0 Å². The van der Waals surface area contributed by atoms with Crippen molar-refractivity contribution in [1.29, 1.82) is 0 Å². The van der Waals surface area contributed by atoms with Gasteiger partial charge in [0, 0.05) is 30.5 Å². The zero-order chi connectivity index (χ0) is 18.4. The fourth-order valence-corrected chi connectivity index (χ4v) is 2.36. The molecule has 0 aromatic heterocycles. The molecule has 1 aliphatic heterocycles. The SMILES string of the molecule is CCN(CC)C(=O)[C@H]1O[C@H](C)c2ccccc21.[C-]#[O+].[C-]#[O+].[C-]#[O+].[Cr]. The molecule has 0 unspecified atom stereocenters. The molecule has 0 aliphatic carbocycles. The van der Waals surface area contributed by atoms with Crippen molar-refractivity contribution in [3.63, 3.8) is 0 Å². The quantitative estimate of drug-likeness (QED) is 0.605. The number of hydrogen-bond donors (Lipinski definition) is 0. The maximum Gasteiger partial charge on any atom is 0 e. The number of fused-ring (bicyclic) bond motifs is 1. The number of carbonyl (C=O) groups excluding carboxylic acids is 1. The van der Waals surface area contributed by atoms with Gasteiger partial charge in [-0.3, -0.25) is 4.79 Å². The van der Waals surface area contributed by atoms with Crippen LogP contribution in [0.25, 0.3) is 0 Å². The third kappa shape index (κ3) is 6.88. The van der Waals surface area contributed by atoms with E-state index in [0.29, 0.717) is 0 Å². The number of benzene rings is 1. The van der Waals surface area contributed by atoms with Gasteiger partial charge >= 0.3 is 33.9 Å². The van der Waals surface area contributed by atoms with Crippen molar-refractivity contribution in [1.82, 2.24) is 4.90 Å². The number of ether oxygens (including phenoxy) is 1. The molecule has 6 nitrogen and oxygen atoms in total. The predicted molar refractivity (Wildman–Crippen MR) is 78.4 cm³/mol. The van der Waals surface area contributed by atoms with Crippen LogP contribution in [0.1, 0.15) is 44.1 Å². The van der Waals surface area contributed by atoms with E-state index in [0.717, 1.165) is 24.2 Å². The maximum atomic E-state index is 12.3. The Hall–Kier alpha value is -1.60. The minimum atomic E-state index is -0.416. The molecule has 0 radical (unpaired) electrons. The molecule has 0 bridgehead atoms. The van der Waals surface area contributed by atoms with E-state index < -0.39 is 6.10 Å². The molecule has 0 spiro atoms. The van der Waals surface area contributed by atoms with Gasteiger partial charge in [0.15, 0.2) is 6.10 Å². The van der Waals surface area contributed by atoms with Gasteiger partial charge in [0.25, 0.3) is 5.91 Å². The standard InChI is InChI=1S/C14H19NO2.3CO.Cr/c1-4-15(5-2)14(16)13-12-9-7-6-8-11(12)10(3)17-13;3*1-2;/h6-10,13H,4-5H2,1-3H3;;;;/t10-,13+;;;;/m1..../s1. The molecule has 1 amide bonds. The second-order valence-electron chi connectivity index (χ2n) is 4.30. The first kappa shape index (κ1) is 27.3. The summed E-state index contributed by atoms with van der Waals surface area (Å²) < 4.78 is 28.3. The number of amides is 1. The summed E-state index contributed by atoms with van der Waals surface area (Å²) in [6.45, 7) is 20.9. The minimum absolute atomic E-state index is 0. The van der Waals surface area contributed by atoms with Crippen LogP contribution < -0.4 is 0 Å². The summed E-state index contributed by atoms with van der Waals surface area (Å²) in [6, 6.07) is 7.98. The topological polar surface area (TPSA) is 89.2 Å². The van der Waals surface area contributed by atoms with Gasteiger partial charge in [0.05, 0.1) is 6.10 Å². The van der Waals surface area contributed by atoms with Gasteiger partial charge in [0.2, 0.25) is 0 Å². The Morgan fingerprint density at radius 3 is 1.88 bits per heavy atom. The molecule has 1 heterocycles. The summed E-state index contributed by atoms with van der Waals surface area (Å²) >= 11 is 0. The van der Waals surface area contributed by atoms with Crippen LogP contribution in [-0.2, 0) is 40.8 Å². The Bertz CT molecular complexity index is 523. The smallest absolute Gasteiger partial charge is 0 e. The molecular formula is C17H19CrNO5. The maximum absolute atomic E-state index is 12.3. The van der Waals surface area contributed by atoms with Crippen LogP contribution in [0.3, 0.4) is 0 Å². The number of rotatable bonds is 3. The number of nitrogens with zero attached hydrogens (tertiary/aromatic N) is 1. The molecule has 2 rings (SSSR count). The third-order valence-electron chi connectivity index (χ3n) is 3.36. The molecule has 2 atom stereocenters. The van der Waals surface area contributed by atoms with Crippen molar-refractivity contribution < 1.29 is 40.8 Å². The predicted octanol–water partition coefficient (Wildman–Crippen LogP) is 2.57. The summed E-state index contributed by atoms with van der Waals surface area (Å²) in [4.78, 5) is 14.1. The summed E-state index contributed by atoms with van der Waals surface area (Å²) in [5.41, 5.74) is 2.16. The van der Waals surface area contributed by atoms with Crippen LogP contribution in [0.5, 0.6) is 0 Å². The molecule has 0 saturated carbocycles. The summed E-state index contributed by atoms with van der Waals surface area (Å²) in [7, 11) is 0. The monoisotopic (exact) mass is 369 g/mol. The first-order valence-corrected chi connectivity index (χ1v) is 6.83. The molecule has 0 fully saturated rings. The summed E-state index contributed by atoms with van der Waals surface area (Å²) in [5, 5.41) is 0. The van der Waals surface area contributed by atoms with Crippen molar-refractivity contribution in [2.24, 2.45) is 0 Å². The summed E-state index contributed by atoms with van der Waals surface area (Å²) in [5.74, 6) is 0.0757. The number of hydrogen-bond acceptors (Lipinski definition) is 2. The van der Waals surface area contributed by atoms with Crippen molar-refractivity contribution in [2.45, 2.75) is 33.0 Å². The van der Waals surface area contributed by atoms with Gasteiger partial charge in [0.1, 0.15) is 0 Å². The molecule has 1 aromatic carbocycles. The third-order valence-corrected chi connectivity index (χ3v) is 3.36. The van der Waals surface area contributed by atoms with Crippen LogP contribution in [0.2, 0.25) is 0 Å². The van der Waals surface area contributed by atoms with E-state index in [4.69, 9.17) is 18.7 Å². The van der Waals surface area contributed by atoms with Crippen LogP contribution in [0.4, 0.5) is 0 Å². The zero-order valence-electron chi connectivity index (χ0n) is 13.8. The molecule has 1 aromatic rings. The average molecular weight is 369 g/mol. The Morgan fingerprint density at radius 2 is 1.46 bits per heavy atom. The zero-order valence-corrected chi connectivity index (χ0v) is 15.1. The Labute approximate surface area is 153 Å². The molecule has 7 heteroatoms. The van der Waals surface area contributed by atoms with Gasteiger partial charge in [-0.05, 0) is 31.9 Å².